The van der Waals surface area contributed by atoms with Gasteiger partial charge in [0.2, 0.25) is 0 Å². The van der Waals surface area contributed by atoms with Crippen LogP contribution in [0.4, 0.5) is 0 Å². The van der Waals surface area contributed by atoms with E-state index in [-0.39, 0.29) is 0 Å². The Hall–Kier alpha value is -0.480. The van der Waals surface area contributed by atoms with E-state index >= 15 is 0 Å². The Kier molecular flexibility index (Phi) is 5.71. The fourth-order valence-corrected chi connectivity index (χ4v) is 2.28. The fraction of sp³-hybridized carbons (Fsp3) is 0.846. The second kappa shape index (κ2) is 6.90. The Balaban J connectivity index is 2.36. The molecule has 1 aliphatic rings. The maximum absolute atomic E-state index is 3.66. The van der Waals surface area contributed by atoms with Gasteiger partial charge in [0.15, 0.2) is 0 Å². The molecule has 2 atom stereocenters. The minimum Gasteiger partial charge on any atom is -0.314 e. The Morgan fingerprint density at radius 1 is 1.29 bits per heavy atom. The van der Waals surface area contributed by atoms with Crippen LogP contribution in [0, 0.1) is 17.8 Å². The SMILES string of the molecule is CC#CCC1CCCCC1NCCC. The maximum atomic E-state index is 3.66. The van der Waals surface area contributed by atoms with Crippen LogP contribution in [-0.4, -0.2) is 12.6 Å². The first-order chi connectivity index (χ1) is 6.88. The standard InChI is InChI=1S/C13H23N/c1-3-5-8-12-9-6-7-10-13(12)14-11-4-2/h12-14H,4,6-11H2,1-2H3. The van der Waals surface area contributed by atoms with Gasteiger partial charge < -0.3 is 5.32 Å². The van der Waals surface area contributed by atoms with Gasteiger partial charge in [0.1, 0.15) is 0 Å². The number of nitrogens with one attached hydrogen (secondary N) is 1. The molecule has 0 heterocycles. The average Bonchev–Trinajstić information content (AvgIpc) is 2.24. The quantitative estimate of drug-likeness (QED) is 0.677. The lowest BCUT2D eigenvalue weighted by Gasteiger charge is -2.31. The molecule has 80 valence electrons. The minimum absolute atomic E-state index is 0.740. The van der Waals surface area contributed by atoms with Crippen LogP contribution in [0.5, 0.6) is 0 Å². The molecular formula is C13H23N. The summed E-state index contributed by atoms with van der Waals surface area (Å²) < 4.78 is 0. The van der Waals surface area contributed by atoms with Gasteiger partial charge in [-0.15, -0.1) is 11.8 Å². The molecular weight excluding hydrogens is 170 g/mol. The lowest BCUT2D eigenvalue weighted by Crippen LogP contribution is -2.38. The van der Waals surface area contributed by atoms with Crippen LogP contribution in [0.1, 0.15) is 52.4 Å². The van der Waals surface area contributed by atoms with Gasteiger partial charge in [0.25, 0.3) is 0 Å². The summed E-state index contributed by atoms with van der Waals surface area (Å²) in [6.07, 6.45) is 7.87. The van der Waals surface area contributed by atoms with Gasteiger partial charge >= 0.3 is 0 Å². The smallest absolute Gasteiger partial charge is 0.0132 e. The van der Waals surface area contributed by atoms with E-state index in [2.05, 4.69) is 24.1 Å². The van der Waals surface area contributed by atoms with Crippen molar-refractivity contribution in [2.24, 2.45) is 5.92 Å². The highest BCUT2D eigenvalue weighted by atomic mass is 14.9. The molecule has 0 bridgehead atoms. The molecule has 0 spiro atoms. The molecule has 0 aromatic heterocycles. The Labute approximate surface area is 88.7 Å². The second-order valence-corrected chi connectivity index (χ2v) is 4.24. The van der Waals surface area contributed by atoms with E-state index in [1.54, 1.807) is 0 Å². The normalized spacial score (nSPS) is 26.7. The lowest BCUT2D eigenvalue weighted by molar-refractivity contribution is 0.267. The molecule has 1 aliphatic carbocycles. The van der Waals surface area contributed by atoms with Crippen molar-refractivity contribution in [1.29, 1.82) is 0 Å². The number of rotatable bonds is 4. The summed E-state index contributed by atoms with van der Waals surface area (Å²) in [4.78, 5) is 0. The van der Waals surface area contributed by atoms with E-state index in [0.29, 0.717) is 0 Å². The van der Waals surface area contributed by atoms with Crippen molar-refractivity contribution in [2.75, 3.05) is 6.54 Å². The molecule has 0 radical (unpaired) electrons. The third kappa shape index (κ3) is 3.72. The van der Waals surface area contributed by atoms with Crippen molar-refractivity contribution < 1.29 is 0 Å². The van der Waals surface area contributed by atoms with Gasteiger partial charge in [-0.3, -0.25) is 0 Å². The van der Waals surface area contributed by atoms with Crippen LogP contribution in [0.15, 0.2) is 0 Å². The molecule has 1 saturated carbocycles. The van der Waals surface area contributed by atoms with Gasteiger partial charge in [-0.1, -0.05) is 19.8 Å². The molecule has 0 aromatic rings. The van der Waals surface area contributed by atoms with Crippen molar-refractivity contribution in [1.82, 2.24) is 5.32 Å². The van der Waals surface area contributed by atoms with Crippen molar-refractivity contribution >= 4 is 0 Å². The van der Waals surface area contributed by atoms with Crippen LogP contribution >= 0.6 is 0 Å². The van der Waals surface area contributed by atoms with Crippen molar-refractivity contribution in [2.45, 2.75) is 58.4 Å². The van der Waals surface area contributed by atoms with E-state index in [9.17, 15) is 0 Å². The van der Waals surface area contributed by atoms with Gasteiger partial charge in [-0.05, 0) is 38.6 Å². The van der Waals surface area contributed by atoms with Crippen molar-refractivity contribution in [3.8, 4) is 11.8 Å². The summed E-state index contributed by atoms with van der Waals surface area (Å²) in [6, 6.07) is 0.740. The first kappa shape index (κ1) is 11.6. The van der Waals surface area contributed by atoms with Crippen LogP contribution in [0.2, 0.25) is 0 Å². The van der Waals surface area contributed by atoms with Gasteiger partial charge in [-0.2, -0.15) is 0 Å². The molecule has 2 unspecified atom stereocenters. The Morgan fingerprint density at radius 2 is 2.07 bits per heavy atom. The van der Waals surface area contributed by atoms with Gasteiger partial charge in [0, 0.05) is 12.5 Å². The van der Waals surface area contributed by atoms with Crippen LogP contribution in [0.25, 0.3) is 0 Å². The first-order valence-electron chi connectivity index (χ1n) is 6.01. The van der Waals surface area contributed by atoms with Crippen molar-refractivity contribution in [3.05, 3.63) is 0 Å². The molecule has 14 heavy (non-hydrogen) atoms. The number of hydrogen-bond donors (Lipinski definition) is 1. The predicted molar refractivity (Wildman–Crippen MR) is 62.1 cm³/mol. The highest BCUT2D eigenvalue weighted by Gasteiger charge is 2.23. The highest BCUT2D eigenvalue weighted by Crippen LogP contribution is 2.26. The topological polar surface area (TPSA) is 12.0 Å². The van der Waals surface area contributed by atoms with Crippen LogP contribution in [-0.2, 0) is 0 Å². The van der Waals surface area contributed by atoms with Gasteiger partial charge in [-0.25, -0.2) is 0 Å². The molecule has 0 aliphatic heterocycles. The third-order valence-electron chi connectivity index (χ3n) is 3.11. The molecule has 0 amide bonds. The first-order valence-corrected chi connectivity index (χ1v) is 6.01. The summed E-state index contributed by atoms with van der Waals surface area (Å²) in [7, 11) is 0. The van der Waals surface area contributed by atoms with E-state index in [0.717, 1.165) is 18.4 Å². The van der Waals surface area contributed by atoms with Crippen LogP contribution in [0.3, 0.4) is 0 Å². The summed E-state index contributed by atoms with van der Waals surface area (Å²) >= 11 is 0. The molecule has 1 nitrogen and oxygen atoms in total. The molecule has 0 aromatic carbocycles. The molecule has 1 N–H and O–H groups in total. The summed E-state index contributed by atoms with van der Waals surface area (Å²) in [5, 5.41) is 3.66. The van der Waals surface area contributed by atoms with E-state index in [1.807, 2.05) is 6.92 Å². The Bertz CT molecular complexity index is 199. The third-order valence-corrected chi connectivity index (χ3v) is 3.11. The average molecular weight is 193 g/mol. The predicted octanol–water partition coefficient (Wildman–Crippen LogP) is 2.96. The monoisotopic (exact) mass is 193 g/mol. The maximum Gasteiger partial charge on any atom is 0.0132 e. The summed E-state index contributed by atoms with van der Waals surface area (Å²) in [6.45, 7) is 5.34. The fourth-order valence-electron chi connectivity index (χ4n) is 2.28. The molecule has 1 rings (SSSR count). The zero-order valence-electron chi connectivity index (χ0n) is 9.60. The largest absolute Gasteiger partial charge is 0.314 e. The zero-order valence-corrected chi connectivity index (χ0v) is 9.60. The van der Waals surface area contributed by atoms with Crippen LogP contribution < -0.4 is 5.32 Å². The number of hydrogen-bond acceptors (Lipinski definition) is 1. The van der Waals surface area contributed by atoms with E-state index < -0.39 is 0 Å². The van der Waals surface area contributed by atoms with Gasteiger partial charge in [0.05, 0.1) is 0 Å². The summed E-state index contributed by atoms with van der Waals surface area (Å²) in [5.74, 6) is 7.06. The van der Waals surface area contributed by atoms with E-state index in [4.69, 9.17) is 0 Å². The molecule has 1 heteroatoms. The minimum atomic E-state index is 0.740. The lowest BCUT2D eigenvalue weighted by atomic mass is 9.82. The Morgan fingerprint density at radius 3 is 2.79 bits per heavy atom. The zero-order chi connectivity index (χ0) is 10.2. The molecule has 1 fully saturated rings. The molecule has 0 saturated heterocycles. The van der Waals surface area contributed by atoms with Crippen molar-refractivity contribution in [3.63, 3.8) is 0 Å². The highest BCUT2D eigenvalue weighted by molar-refractivity contribution is 4.99. The second-order valence-electron chi connectivity index (χ2n) is 4.24. The van der Waals surface area contributed by atoms with E-state index in [1.165, 1.54) is 38.6 Å². The summed E-state index contributed by atoms with van der Waals surface area (Å²) in [5.41, 5.74) is 0.